The highest BCUT2D eigenvalue weighted by Gasteiger charge is 2.16. The highest BCUT2D eigenvalue weighted by molar-refractivity contribution is 7.20. The van der Waals surface area contributed by atoms with Gasteiger partial charge in [0.25, 0.3) is 0 Å². The van der Waals surface area contributed by atoms with Crippen molar-refractivity contribution in [3.8, 4) is 32.4 Å². The fraction of sp³-hybridized carbons (Fsp3) is 0.417. The summed E-state index contributed by atoms with van der Waals surface area (Å²) in [7, 11) is 3.32. The quantitative estimate of drug-likeness (QED) is 0.263. The molecule has 32 heavy (non-hydrogen) atoms. The molecule has 1 aromatic carbocycles. The van der Waals surface area contributed by atoms with E-state index < -0.39 is 0 Å². The number of methoxy groups -OCH3 is 2. The van der Waals surface area contributed by atoms with Crippen molar-refractivity contribution >= 4 is 22.7 Å². The van der Waals surface area contributed by atoms with Gasteiger partial charge in [0.05, 0.1) is 44.5 Å². The second-order valence-corrected chi connectivity index (χ2v) is 8.57. The van der Waals surface area contributed by atoms with Crippen LogP contribution in [0.3, 0.4) is 0 Å². The van der Waals surface area contributed by atoms with Crippen LogP contribution in [0.2, 0.25) is 0 Å². The van der Waals surface area contributed by atoms with Gasteiger partial charge >= 0.3 is 0 Å². The average molecular weight is 479 g/mol. The first-order chi connectivity index (χ1) is 15.8. The molecular formula is C24H30O6S2. The summed E-state index contributed by atoms with van der Waals surface area (Å²) >= 11 is 3.46. The third-order valence-corrected chi connectivity index (χ3v) is 6.46. The molecule has 0 bridgehead atoms. The number of hydrogen-bond acceptors (Lipinski definition) is 8. The number of hydrogen-bond donors (Lipinski definition) is 0. The number of thiophene rings is 2. The standard InChI is InChI=1S/C24H30O6S2/c1-25-8-10-27-12-14-29-19-5-6-22(30-15-13-28-11-9-26-2)21(18-19)20-7-17-32-24(20)23-4-3-16-31-23/h3-7,16-18H,8-15H2,1-2H3. The van der Waals surface area contributed by atoms with Crippen LogP contribution >= 0.6 is 22.7 Å². The van der Waals surface area contributed by atoms with Crippen LogP contribution in [0, 0.1) is 0 Å². The number of rotatable bonds is 16. The van der Waals surface area contributed by atoms with Crippen molar-refractivity contribution in [2.75, 3.05) is 67.1 Å². The molecule has 3 aromatic rings. The van der Waals surface area contributed by atoms with Gasteiger partial charge in [0.15, 0.2) is 0 Å². The Kier molecular flexibility index (Phi) is 11.0. The van der Waals surface area contributed by atoms with E-state index >= 15 is 0 Å². The molecule has 0 amide bonds. The largest absolute Gasteiger partial charge is 0.491 e. The normalized spacial score (nSPS) is 11.1. The fourth-order valence-corrected chi connectivity index (χ4v) is 4.77. The summed E-state index contributed by atoms with van der Waals surface area (Å²) in [6.07, 6.45) is 0. The molecule has 0 aliphatic carbocycles. The molecule has 8 heteroatoms. The van der Waals surface area contributed by atoms with E-state index in [0.717, 1.165) is 22.6 Å². The molecule has 0 saturated heterocycles. The highest BCUT2D eigenvalue weighted by Crippen LogP contribution is 2.43. The zero-order chi connectivity index (χ0) is 22.4. The van der Waals surface area contributed by atoms with Crippen LogP contribution in [-0.4, -0.2) is 67.1 Å². The second-order valence-electron chi connectivity index (χ2n) is 6.71. The lowest BCUT2D eigenvalue weighted by atomic mass is 10.0. The Morgan fingerprint density at radius 2 is 1.38 bits per heavy atom. The highest BCUT2D eigenvalue weighted by atomic mass is 32.1. The smallest absolute Gasteiger partial charge is 0.127 e. The van der Waals surface area contributed by atoms with E-state index in [1.165, 1.54) is 9.75 Å². The van der Waals surface area contributed by atoms with Gasteiger partial charge < -0.3 is 28.4 Å². The van der Waals surface area contributed by atoms with Gasteiger partial charge in [-0.05, 0) is 41.1 Å². The first-order valence-electron chi connectivity index (χ1n) is 10.5. The SMILES string of the molecule is COCCOCCOc1ccc(OCCOCCOC)c(-c2ccsc2-c2cccs2)c1. The number of benzene rings is 1. The minimum Gasteiger partial charge on any atom is -0.491 e. The van der Waals surface area contributed by atoms with Crippen LogP contribution in [0.15, 0.2) is 47.2 Å². The Hall–Kier alpha value is -1.94. The molecule has 0 aliphatic heterocycles. The molecule has 0 N–H and O–H groups in total. The fourth-order valence-electron chi connectivity index (χ4n) is 2.97. The molecule has 0 saturated carbocycles. The Morgan fingerprint density at radius 1 is 0.656 bits per heavy atom. The van der Waals surface area contributed by atoms with Crippen LogP contribution < -0.4 is 9.47 Å². The van der Waals surface area contributed by atoms with Crippen molar-refractivity contribution in [3.05, 3.63) is 47.2 Å². The molecular weight excluding hydrogens is 448 g/mol. The minimum absolute atomic E-state index is 0.461. The summed E-state index contributed by atoms with van der Waals surface area (Å²) < 4.78 is 33.0. The van der Waals surface area contributed by atoms with Crippen LogP contribution in [-0.2, 0) is 18.9 Å². The van der Waals surface area contributed by atoms with Crippen LogP contribution in [0.1, 0.15) is 0 Å². The van der Waals surface area contributed by atoms with Gasteiger partial charge in [-0.1, -0.05) is 6.07 Å². The molecule has 6 nitrogen and oxygen atoms in total. The van der Waals surface area contributed by atoms with E-state index in [2.05, 4.69) is 29.0 Å². The van der Waals surface area contributed by atoms with Crippen LogP contribution in [0.4, 0.5) is 0 Å². The maximum Gasteiger partial charge on any atom is 0.127 e. The van der Waals surface area contributed by atoms with Gasteiger partial charge in [-0.15, -0.1) is 22.7 Å². The third-order valence-electron chi connectivity index (χ3n) is 4.50. The van der Waals surface area contributed by atoms with Crippen LogP contribution in [0.5, 0.6) is 11.5 Å². The molecule has 0 aliphatic rings. The lowest BCUT2D eigenvalue weighted by Gasteiger charge is -2.15. The van der Waals surface area contributed by atoms with Gasteiger partial charge in [-0.25, -0.2) is 0 Å². The van der Waals surface area contributed by atoms with Crippen molar-refractivity contribution in [2.24, 2.45) is 0 Å². The zero-order valence-electron chi connectivity index (χ0n) is 18.5. The van der Waals surface area contributed by atoms with Crippen LogP contribution in [0.25, 0.3) is 20.9 Å². The summed E-state index contributed by atoms with van der Waals surface area (Å²) in [6, 6.07) is 12.3. The summed E-state index contributed by atoms with van der Waals surface area (Å²) in [5.74, 6) is 1.59. The molecule has 0 fully saturated rings. The molecule has 3 rings (SSSR count). The molecule has 2 heterocycles. The molecule has 0 radical (unpaired) electrons. The van der Waals surface area contributed by atoms with Crippen molar-refractivity contribution in [1.29, 1.82) is 0 Å². The topological polar surface area (TPSA) is 55.4 Å². The van der Waals surface area contributed by atoms with Gasteiger partial charge in [-0.3, -0.25) is 0 Å². The molecule has 0 unspecified atom stereocenters. The molecule has 2 aromatic heterocycles. The molecule has 174 valence electrons. The van der Waals surface area contributed by atoms with Crippen molar-refractivity contribution < 1.29 is 28.4 Å². The lowest BCUT2D eigenvalue weighted by Crippen LogP contribution is -2.11. The third kappa shape index (κ3) is 7.58. The average Bonchev–Trinajstić information content (AvgIpc) is 3.51. The maximum absolute atomic E-state index is 6.09. The van der Waals surface area contributed by atoms with Crippen molar-refractivity contribution in [3.63, 3.8) is 0 Å². The van der Waals surface area contributed by atoms with Gasteiger partial charge in [0.1, 0.15) is 24.7 Å². The van der Waals surface area contributed by atoms with Gasteiger partial charge in [0, 0.05) is 30.2 Å². The minimum atomic E-state index is 0.461. The van der Waals surface area contributed by atoms with Crippen molar-refractivity contribution in [2.45, 2.75) is 0 Å². The second kappa shape index (κ2) is 14.3. The van der Waals surface area contributed by atoms with Gasteiger partial charge in [0.2, 0.25) is 0 Å². The first-order valence-corrected chi connectivity index (χ1v) is 12.2. The van der Waals surface area contributed by atoms with E-state index in [1.807, 2.05) is 18.2 Å². The van der Waals surface area contributed by atoms with E-state index in [0.29, 0.717) is 52.9 Å². The predicted octanol–water partition coefficient (Wildman–Crippen LogP) is 5.23. The monoisotopic (exact) mass is 478 g/mol. The lowest BCUT2D eigenvalue weighted by molar-refractivity contribution is 0.0539. The van der Waals surface area contributed by atoms with E-state index in [1.54, 1.807) is 36.9 Å². The summed E-state index contributed by atoms with van der Waals surface area (Å²) in [6.45, 7) is 4.21. The van der Waals surface area contributed by atoms with Crippen molar-refractivity contribution in [1.82, 2.24) is 0 Å². The Morgan fingerprint density at radius 3 is 2.06 bits per heavy atom. The first kappa shape index (κ1) is 24.7. The van der Waals surface area contributed by atoms with E-state index in [9.17, 15) is 0 Å². The summed E-state index contributed by atoms with van der Waals surface area (Å²) in [5.41, 5.74) is 2.14. The Labute approximate surface area is 197 Å². The summed E-state index contributed by atoms with van der Waals surface area (Å²) in [5, 5.41) is 4.20. The van der Waals surface area contributed by atoms with E-state index in [4.69, 9.17) is 28.4 Å². The molecule has 0 atom stereocenters. The Bertz CT molecular complexity index is 894. The Balaban J connectivity index is 1.71. The summed E-state index contributed by atoms with van der Waals surface area (Å²) in [4.78, 5) is 2.46. The van der Waals surface area contributed by atoms with Gasteiger partial charge in [-0.2, -0.15) is 0 Å². The zero-order valence-corrected chi connectivity index (χ0v) is 20.2. The molecule has 0 spiro atoms. The predicted molar refractivity (Wildman–Crippen MR) is 129 cm³/mol. The van der Waals surface area contributed by atoms with E-state index in [-0.39, 0.29) is 0 Å². The maximum atomic E-state index is 6.09. The number of ether oxygens (including phenoxy) is 6.